The summed E-state index contributed by atoms with van der Waals surface area (Å²) in [5.74, 6) is 0.183. The summed E-state index contributed by atoms with van der Waals surface area (Å²) in [5.41, 5.74) is -1.18. The van der Waals surface area contributed by atoms with E-state index in [2.05, 4.69) is 5.32 Å². The predicted molar refractivity (Wildman–Crippen MR) is 84.5 cm³/mol. The number of amides is 1. The molecule has 1 saturated carbocycles. The zero-order chi connectivity index (χ0) is 17.0. The molecule has 0 unspecified atom stereocenters. The van der Waals surface area contributed by atoms with E-state index in [1.165, 1.54) is 12.1 Å². The SMILES string of the molecule is CCCN(CC(=O)Nc1ccc(Cl)cc1C(F)(F)F)CC1CC1. The number of alkyl halides is 3. The van der Waals surface area contributed by atoms with Crippen molar-refractivity contribution in [1.29, 1.82) is 0 Å². The topological polar surface area (TPSA) is 32.3 Å². The Bertz CT molecular complexity index is 559. The number of hydrogen-bond acceptors (Lipinski definition) is 2. The van der Waals surface area contributed by atoms with Crippen molar-refractivity contribution in [2.24, 2.45) is 5.92 Å². The Balaban J connectivity index is 2.04. The van der Waals surface area contributed by atoms with Gasteiger partial charge in [-0.3, -0.25) is 9.69 Å². The summed E-state index contributed by atoms with van der Waals surface area (Å²) in [6.07, 6.45) is -1.34. The number of carbonyl (C=O) groups excluding carboxylic acids is 1. The molecule has 0 atom stereocenters. The van der Waals surface area contributed by atoms with E-state index < -0.39 is 17.6 Å². The lowest BCUT2D eigenvalue weighted by Crippen LogP contribution is -2.35. The largest absolute Gasteiger partial charge is 0.418 e. The van der Waals surface area contributed by atoms with E-state index >= 15 is 0 Å². The van der Waals surface area contributed by atoms with Crippen LogP contribution in [0.3, 0.4) is 0 Å². The standard InChI is InChI=1S/C16H20ClF3N2O/c1-2-7-22(9-11-3-4-11)10-15(23)21-14-6-5-12(17)8-13(14)16(18,19)20/h5-6,8,11H,2-4,7,9-10H2,1H3,(H,21,23). The third-order valence-electron chi connectivity index (χ3n) is 3.68. The van der Waals surface area contributed by atoms with E-state index in [0.29, 0.717) is 5.92 Å². The first kappa shape index (κ1) is 18.1. The number of anilines is 1. The Hall–Kier alpha value is -1.27. The predicted octanol–water partition coefficient (Wildman–Crippen LogP) is 4.42. The molecule has 2 rings (SSSR count). The fourth-order valence-electron chi connectivity index (χ4n) is 2.47. The highest BCUT2D eigenvalue weighted by Gasteiger charge is 2.34. The zero-order valence-electron chi connectivity index (χ0n) is 12.9. The lowest BCUT2D eigenvalue weighted by molar-refractivity contribution is -0.137. The third-order valence-corrected chi connectivity index (χ3v) is 3.92. The van der Waals surface area contributed by atoms with Gasteiger partial charge in [0.1, 0.15) is 0 Å². The van der Waals surface area contributed by atoms with Gasteiger partial charge >= 0.3 is 6.18 Å². The van der Waals surface area contributed by atoms with Gasteiger partial charge in [-0.15, -0.1) is 0 Å². The van der Waals surface area contributed by atoms with Crippen molar-refractivity contribution in [3.63, 3.8) is 0 Å². The first-order chi connectivity index (χ1) is 10.8. The maximum Gasteiger partial charge on any atom is 0.418 e. The van der Waals surface area contributed by atoms with Crippen LogP contribution < -0.4 is 5.32 Å². The zero-order valence-corrected chi connectivity index (χ0v) is 13.7. The molecule has 128 valence electrons. The van der Waals surface area contributed by atoms with Crippen LogP contribution >= 0.6 is 11.6 Å². The van der Waals surface area contributed by atoms with E-state index in [9.17, 15) is 18.0 Å². The Morgan fingerprint density at radius 2 is 2.09 bits per heavy atom. The molecule has 1 fully saturated rings. The molecule has 7 heteroatoms. The fourth-order valence-corrected chi connectivity index (χ4v) is 2.64. The first-order valence-electron chi connectivity index (χ1n) is 7.68. The minimum absolute atomic E-state index is 0.0170. The molecular weight excluding hydrogens is 329 g/mol. The Morgan fingerprint density at radius 3 is 2.65 bits per heavy atom. The van der Waals surface area contributed by atoms with Crippen LogP contribution in [-0.2, 0) is 11.0 Å². The van der Waals surface area contributed by atoms with Crippen molar-refractivity contribution in [1.82, 2.24) is 4.90 Å². The van der Waals surface area contributed by atoms with Crippen LogP contribution in [0, 0.1) is 5.92 Å². The summed E-state index contributed by atoms with van der Waals surface area (Å²) in [4.78, 5) is 14.1. The second kappa shape index (κ2) is 7.53. The van der Waals surface area contributed by atoms with Gasteiger partial charge in [-0.05, 0) is 49.9 Å². The van der Waals surface area contributed by atoms with Crippen LogP contribution in [0.2, 0.25) is 5.02 Å². The average Bonchev–Trinajstić information content (AvgIpc) is 3.23. The minimum Gasteiger partial charge on any atom is -0.324 e. The minimum atomic E-state index is -4.56. The second-order valence-corrected chi connectivity index (χ2v) is 6.35. The average molecular weight is 349 g/mol. The van der Waals surface area contributed by atoms with Gasteiger partial charge in [-0.25, -0.2) is 0 Å². The van der Waals surface area contributed by atoms with Gasteiger partial charge in [0, 0.05) is 11.6 Å². The van der Waals surface area contributed by atoms with Gasteiger partial charge in [-0.2, -0.15) is 13.2 Å². The van der Waals surface area contributed by atoms with Crippen molar-refractivity contribution in [3.8, 4) is 0 Å². The molecule has 0 saturated heterocycles. The molecule has 1 aromatic carbocycles. The van der Waals surface area contributed by atoms with Gasteiger partial charge in [0.2, 0.25) is 5.91 Å². The normalized spacial score (nSPS) is 15.0. The van der Waals surface area contributed by atoms with Crippen molar-refractivity contribution < 1.29 is 18.0 Å². The van der Waals surface area contributed by atoms with Crippen LogP contribution in [0.15, 0.2) is 18.2 Å². The number of carbonyl (C=O) groups is 1. The van der Waals surface area contributed by atoms with Gasteiger partial charge in [0.15, 0.2) is 0 Å². The molecule has 1 aliphatic rings. The van der Waals surface area contributed by atoms with E-state index in [0.717, 1.165) is 38.4 Å². The Kier molecular flexibility index (Phi) is 5.92. The molecule has 1 amide bonds. The number of nitrogens with one attached hydrogen (secondary N) is 1. The van der Waals surface area contributed by atoms with E-state index in [4.69, 9.17) is 11.6 Å². The maximum absolute atomic E-state index is 13.0. The quantitative estimate of drug-likeness (QED) is 0.791. The van der Waals surface area contributed by atoms with E-state index in [1.54, 1.807) is 0 Å². The summed E-state index contributed by atoms with van der Waals surface area (Å²) >= 11 is 5.63. The molecular formula is C16H20ClF3N2O. The molecule has 0 aromatic heterocycles. The highest BCUT2D eigenvalue weighted by atomic mass is 35.5. The monoisotopic (exact) mass is 348 g/mol. The Labute approximate surface area is 138 Å². The summed E-state index contributed by atoms with van der Waals surface area (Å²) in [7, 11) is 0. The van der Waals surface area contributed by atoms with Gasteiger partial charge in [0.25, 0.3) is 0 Å². The van der Waals surface area contributed by atoms with E-state index in [-0.39, 0.29) is 17.3 Å². The third kappa shape index (κ3) is 5.70. The summed E-state index contributed by atoms with van der Waals surface area (Å²) in [6, 6.07) is 3.35. The van der Waals surface area contributed by atoms with E-state index in [1.807, 2.05) is 11.8 Å². The molecule has 1 N–H and O–H groups in total. The fraction of sp³-hybridized carbons (Fsp3) is 0.562. The van der Waals surface area contributed by atoms with Gasteiger partial charge < -0.3 is 5.32 Å². The first-order valence-corrected chi connectivity index (χ1v) is 8.06. The molecule has 0 heterocycles. The second-order valence-electron chi connectivity index (χ2n) is 5.91. The van der Waals surface area contributed by atoms with Crippen molar-refractivity contribution >= 4 is 23.2 Å². The number of rotatable bonds is 7. The van der Waals surface area contributed by atoms with Crippen LogP contribution in [-0.4, -0.2) is 30.4 Å². The number of halogens is 4. The lowest BCUT2D eigenvalue weighted by Gasteiger charge is -2.21. The number of nitrogens with zero attached hydrogens (tertiary/aromatic N) is 1. The van der Waals surface area contributed by atoms with Crippen molar-refractivity contribution in [2.75, 3.05) is 25.0 Å². The van der Waals surface area contributed by atoms with Crippen LogP contribution in [0.4, 0.5) is 18.9 Å². The molecule has 0 radical (unpaired) electrons. The molecule has 1 aromatic rings. The highest BCUT2D eigenvalue weighted by molar-refractivity contribution is 6.30. The molecule has 0 spiro atoms. The maximum atomic E-state index is 13.0. The summed E-state index contributed by atoms with van der Waals surface area (Å²) in [6.45, 7) is 3.70. The summed E-state index contributed by atoms with van der Waals surface area (Å²) in [5, 5.41) is 2.35. The number of hydrogen-bond donors (Lipinski definition) is 1. The highest BCUT2D eigenvalue weighted by Crippen LogP contribution is 2.36. The molecule has 0 bridgehead atoms. The van der Waals surface area contributed by atoms with Crippen LogP contribution in [0.1, 0.15) is 31.7 Å². The molecule has 0 aliphatic heterocycles. The molecule has 23 heavy (non-hydrogen) atoms. The molecule has 1 aliphatic carbocycles. The van der Waals surface area contributed by atoms with Gasteiger partial charge in [0.05, 0.1) is 17.8 Å². The smallest absolute Gasteiger partial charge is 0.324 e. The van der Waals surface area contributed by atoms with Crippen LogP contribution in [0.25, 0.3) is 0 Å². The molecule has 3 nitrogen and oxygen atoms in total. The number of benzene rings is 1. The lowest BCUT2D eigenvalue weighted by atomic mass is 10.1. The van der Waals surface area contributed by atoms with Crippen molar-refractivity contribution in [3.05, 3.63) is 28.8 Å². The van der Waals surface area contributed by atoms with Crippen LogP contribution in [0.5, 0.6) is 0 Å². The van der Waals surface area contributed by atoms with Gasteiger partial charge in [-0.1, -0.05) is 18.5 Å². The Morgan fingerprint density at radius 1 is 1.39 bits per heavy atom. The van der Waals surface area contributed by atoms with Crippen molar-refractivity contribution in [2.45, 2.75) is 32.4 Å². The summed E-state index contributed by atoms with van der Waals surface area (Å²) < 4.78 is 39.1.